The SMILES string of the molecule is C=C/C=C(\C=C)SNC(=O)c1ccc(-n2ccc(=O)[nH]2)nc1N1CC(C)CC1(C)C. The third kappa shape index (κ3) is 4.59. The van der Waals surface area contributed by atoms with Crippen molar-refractivity contribution in [3.63, 3.8) is 0 Å². The van der Waals surface area contributed by atoms with E-state index in [4.69, 9.17) is 4.98 Å². The fraction of sp³-hybridized carbons (Fsp3) is 0.318. The molecule has 1 fully saturated rings. The monoisotopic (exact) mass is 425 g/mol. The lowest BCUT2D eigenvalue weighted by Crippen LogP contribution is -2.40. The third-order valence-electron chi connectivity index (χ3n) is 5.03. The molecule has 2 aromatic heterocycles. The summed E-state index contributed by atoms with van der Waals surface area (Å²) in [7, 11) is 0. The van der Waals surface area contributed by atoms with Gasteiger partial charge in [-0.2, -0.15) is 0 Å². The molecule has 0 spiro atoms. The van der Waals surface area contributed by atoms with E-state index in [1.54, 1.807) is 41.2 Å². The van der Waals surface area contributed by atoms with E-state index in [1.165, 1.54) is 18.0 Å². The van der Waals surface area contributed by atoms with Gasteiger partial charge in [-0.3, -0.25) is 19.4 Å². The van der Waals surface area contributed by atoms with Gasteiger partial charge in [0.2, 0.25) is 0 Å². The highest BCUT2D eigenvalue weighted by Gasteiger charge is 2.39. The number of amides is 1. The van der Waals surface area contributed by atoms with Gasteiger partial charge in [0.05, 0.1) is 5.56 Å². The Labute approximate surface area is 180 Å². The first-order valence-corrected chi connectivity index (χ1v) is 10.6. The van der Waals surface area contributed by atoms with E-state index in [1.807, 2.05) is 0 Å². The summed E-state index contributed by atoms with van der Waals surface area (Å²) in [5, 5.41) is 2.70. The van der Waals surface area contributed by atoms with Gasteiger partial charge in [-0.05, 0) is 56.3 Å². The fourth-order valence-corrected chi connectivity index (χ4v) is 4.37. The van der Waals surface area contributed by atoms with Gasteiger partial charge in [0.15, 0.2) is 5.82 Å². The molecule has 0 bridgehead atoms. The number of carbonyl (C=O) groups excluding carboxylic acids is 1. The van der Waals surface area contributed by atoms with E-state index >= 15 is 0 Å². The minimum Gasteiger partial charge on any atom is -0.350 e. The highest BCUT2D eigenvalue weighted by molar-refractivity contribution is 8.01. The molecule has 2 aromatic rings. The molecule has 8 heteroatoms. The Hall–Kier alpha value is -3.00. The lowest BCUT2D eigenvalue weighted by atomic mass is 9.97. The fourth-order valence-electron chi connectivity index (χ4n) is 3.80. The molecule has 1 saturated heterocycles. The number of allylic oxidation sites excluding steroid dienone is 3. The van der Waals surface area contributed by atoms with Crippen LogP contribution in [0, 0.1) is 5.92 Å². The zero-order valence-electron chi connectivity index (χ0n) is 17.5. The number of carbonyl (C=O) groups is 1. The van der Waals surface area contributed by atoms with Crippen LogP contribution in [-0.4, -0.2) is 32.8 Å². The maximum Gasteiger partial charge on any atom is 0.265 e. The predicted molar refractivity (Wildman–Crippen MR) is 123 cm³/mol. The number of hydrogen-bond acceptors (Lipinski definition) is 5. The van der Waals surface area contributed by atoms with Gasteiger partial charge in [-0.1, -0.05) is 32.2 Å². The molecule has 0 saturated carbocycles. The number of nitrogens with one attached hydrogen (secondary N) is 2. The maximum atomic E-state index is 13.0. The van der Waals surface area contributed by atoms with Crippen LogP contribution < -0.4 is 15.2 Å². The Kier molecular flexibility index (Phi) is 6.36. The van der Waals surface area contributed by atoms with Gasteiger partial charge in [-0.25, -0.2) is 9.67 Å². The quantitative estimate of drug-likeness (QED) is 0.521. The van der Waals surface area contributed by atoms with E-state index in [0.29, 0.717) is 23.1 Å². The highest BCUT2D eigenvalue weighted by Crippen LogP contribution is 2.37. The minimum absolute atomic E-state index is 0.146. The summed E-state index contributed by atoms with van der Waals surface area (Å²) in [4.78, 5) is 32.3. The molecule has 1 unspecified atom stereocenters. The summed E-state index contributed by atoms with van der Waals surface area (Å²) in [6.07, 6.45) is 7.69. The number of rotatable bonds is 7. The van der Waals surface area contributed by atoms with Crippen LogP contribution in [-0.2, 0) is 0 Å². The van der Waals surface area contributed by atoms with Crippen LogP contribution in [0.2, 0.25) is 0 Å². The van der Waals surface area contributed by atoms with Crippen molar-refractivity contribution < 1.29 is 4.79 Å². The lowest BCUT2D eigenvalue weighted by molar-refractivity contribution is 0.0984. The van der Waals surface area contributed by atoms with Crippen molar-refractivity contribution >= 4 is 23.7 Å². The summed E-state index contributed by atoms with van der Waals surface area (Å²) < 4.78 is 4.41. The number of H-pyrrole nitrogens is 1. The lowest BCUT2D eigenvalue weighted by Gasteiger charge is -2.34. The average molecular weight is 426 g/mol. The standard InChI is InChI=1S/C22H27N5O2S/c1-6-8-16(7-2)30-25-21(29)17-9-10-18(27-12-11-19(28)24-27)23-20(17)26-14-15(3)13-22(26,4)5/h6-12,15H,1-2,13-14H2,3-5H3,(H,24,28)(H,25,29)/b16-8+. The average Bonchev–Trinajstić information content (AvgIpc) is 3.25. The Morgan fingerprint density at radius 1 is 1.37 bits per heavy atom. The van der Waals surface area contributed by atoms with Crippen LogP contribution >= 0.6 is 11.9 Å². The largest absolute Gasteiger partial charge is 0.350 e. The van der Waals surface area contributed by atoms with Gasteiger partial charge >= 0.3 is 0 Å². The van der Waals surface area contributed by atoms with Crippen molar-refractivity contribution in [3.8, 4) is 5.82 Å². The first-order valence-electron chi connectivity index (χ1n) is 9.74. The molecule has 1 aliphatic heterocycles. The summed E-state index contributed by atoms with van der Waals surface area (Å²) >= 11 is 1.18. The number of hydrogen-bond donors (Lipinski definition) is 2. The first kappa shape index (κ1) is 21.7. The number of pyridine rings is 1. The van der Waals surface area contributed by atoms with Crippen LogP contribution in [0.4, 0.5) is 5.82 Å². The van der Waals surface area contributed by atoms with Crippen LogP contribution in [0.15, 0.2) is 65.5 Å². The Balaban J connectivity index is 2.00. The molecular weight excluding hydrogens is 398 g/mol. The van der Waals surface area contributed by atoms with Crippen LogP contribution in [0.3, 0.4) is 0 Å². The van der Waals surface area contributed by atoms with E-state index < -0.39 is 0 Å². The maximum absolute atomic E-state index is 13.0. The zero-order valence-corrected chi connectivity index (χ0v) is 18.3. The molecular formula is C22H27N5O2S. The number of aromatic amines is 1. The van der Waals surface area contributed by atoms with E-state index in [-0.39, 0.29) is 17.0 Å². The van der Waals surface area contributed by atoms with E-state index in [0.717, 1.165) is 17.9 Å². The van der Waals surface area contributed by atoms with Crippen molar-refractivity contribution in [2.45, 2.75) is 32.7 Å². The Morgan fingerprint density at radius 3 is 2.70 bits per heavy atom. The van der Waals surface area contributed by atoms with Crippen molar-refractivity contribution in [1.82, 2.24) is 19.5 Å². The molecule has 1 aliphatic rings. The first-order chi connectivity index (χ1) is 14.2. The second-order valence-corrected chi connectivity index (χ2v) is 8.86. The Bertz CT molecular complexity index is 1050. The number of anilines is 1. The van der Waals surface area contributed by atoms with Crippen LogP contribution in [0.25, 0.3) is 5.82 Å². The molecule has 2 N–H and O–H groups in total. The van der Waals surface area contributed by atoms with Crippen molar-refractivity contribution in [1.29, 1.82) is 0 Å². The molecule has 30 heavy (non-hydrogen) atoms. The summed E-state index contributed by atoms with van der Waals surface area (Å²) in [5.41, 5.74) is 0.120. The topological polar surface area (TPSA) is 83.0 Å². The third-order valence-corrected chi connectivity index (χ3v) is 5.86. The van der Waals surface area contributed by atoms with Crippen molar-refractivity contribution in [2.75, 3.05) is 11.4 Å². The van der Waals surface area contributed by atoms with Gasteiger partial charge < -0.3 is 4.90 Å². The van der Waals surface area contributed by atoms with Crippen molar-refractivity contribution in [3.05, 3.63) is 76.6 Å². The molecule has 0 aliphatic carbocycles. The number of nitrogens with zero attached hydrogens (tertiary/aromatic N) is 3. The van der Waals surface area contributed by atoms with Gasteiger partial charge in [0, 0.05) is 29.3 Å². The molecule has 158 valence electrons. The molecule has 1 amide bonds. The normalized spacial score (nSPS) is 18.3. The van der Waals surface area contributed by atoms with Crippen LogP contribution in [0.1, 0.15) is 37.6 Å². The Morgan fingerprint density at radius 2 is 2.13 bits per heavy atom. The molecule has 3 heterocycles. The number of aromatic nitrogens is 3. The molecule has 0 aromatic carbocycles. The second-order valence-electron chi connectivity index (χ2n) is 7.98. The summed E-state index contributed by atoms with van der Waals surface area (Å²) in [6.45, 7) is 14.7. The molecule has 3 rings (SSSR count). The second kappa shape index (κ2) is 8.79. The summed E-state index contributed by atoms with van der Waals surface area (Å²) in [5.74, 6) is 1.37. The zero-order chi connectivity index (χ0) is 21.9. The molecule has 1 atom stereocenters. The van der Waals surface area contributed by atoms with Gasteiger partial charge in [-0.15, -0.1) is 0 Å². The summed E-state index contributed by atoms with van der Waals surface area (Å²) in [6, 6.07) is 4.90. The highest BCUT2D eigenvalue weighted by atomic mass is 32.2. The predicted octanol–water partition coefficient (Wildman–Crippen LogP) is 3.82. The molecule has 0 radical (unpaired) electrons. The van der Waals surface area contributed by atoms with Gasteiger partial charge in [0.25, 0.3) is 11.5 Å². The van der Waals surface area contributed by atoms with Crippen LogP contribution in [0.5, 0.6) is 0 Å². The van der Waals surface area contributed by atoms with Gasteiger partial charge in [0.1, 0.15) is 5.82 Å². The van der Waals surface area contributed by atoms with Crippen molar-refractivity contribution in [2.24, 2.45) is 5.92 Å². The minimum atomic E-state index is -0.248. The smallest absolute Gasteiger partial charge is 0.265 e. The molecule has 7 nitrogen and oxygen atoms in total. The van der Waals surface area contributed by atoms with E-state index in [2.05, 4.69) is 48.6 Å². The van der Waals surface area contributed by atoms with E-state index in [9.17, 15) is 9.59 Å².